The lowest BCUT2D eigenvalue weighted by atomic mass is 9.97. The molecule has 1 aliphatic rings. The summed E-state index contributed by atoms with van der Waals surface area (Å²) in [5.41, 5.74) is 0. The largest absolute Gasteiger partial charge is 0.389 e. The van der Waals surface area contributed by atoms with Crippen LogP contribution in [-0.4, -0.2) is 66.1 Å². The summed E-state index contributed by atoms with van der Waals surface area (Å²) in [4.78, 5) is 0. The van der Waals surface area contributed by atoms with Gasteiger partial charge in [-0.1, -0.05) is 20.3 Å². The van der Waals surface area contributed by atoms with Crippen molar-refractivity contribution in [2.45, 2.75) is 51.0 Å². The van der Waals surface area contributed by atoms with Gasteiger partial charge < -0.3 is 20.6 Å². The van der Waals surface area contributed by atoms with Crippen LogP contribution < -0.4 is 5.32 Å². The number of β-amino-alcohol motifs (C(OH)–C–C–N with tert-alkyl or cyclic N) is 1. The molecule has 4 atom stereocenters. The van der Waals surface area contributed by atoms with Crippen molar-refractivity contribution in [2.75, 3.05) is 18.1 Å². The van der Waals surface area contributed by atoms with Crippen molar-refractivity contribution in [3.05, 3.63) is 0 Å². The topological polar surface area (TPSA) is 107 Å². The van der Waals surface area contributed by atoms with Crippen LogP contribution in [0.4, 0.5) is 0 Å². The average Bonchev–Trinajstić information content (AvgIpc) is 2.29. The Balaban J connectivity index is 2.49. The zero-order valence-electron chi connectivity index (χ0n) is 11.5. The zero-order chi connectivity index (χ0) is 14.6. The number of sulfone groups is 1. The third kappa shape index (κ3) is 5.35. The van der Waals surface area contributed by atoms with Crippen molar-refractivity contribution < 1.29 is 23.7 Å². The Bertz CT molecular complexity index is 370. The lowest BCUT2D eigenvalue weighted by Gasteiger charge is -2.35. The van der Waals surface area contributed by atoms with Gasteiger partial charge in [0.1, 0.15) is 6.10 Å². The van der Waals surface area contributed by atoms with Crippen LogP contribution in [0.25, 0.3) is 0 Å². The monoisotopic (exact) mass is 295 g/mol. The van der Waals surface area contributed by atoms with Crippen LogP contribution >= 0.6 is 0 Å². The SMILES string of the molecule is CC(C)CCCS(=O)(=O)C[C@H]1NC[C@@H](O)[C@H](O)[C@H]1O. The molecule has 1 saturated heterocycles. The maximum absolute atomic E-state index is 11.9. The Labute approximate surface area is 114 Å². The van der Waals surface area contributed by atoms with Crippen molar-refractivity contribution in [3.63, 3.8) is 0 Å². The average molecular weight is 295 g/mol. The van der Waals surface area contributed by atoms with Crippen molar-refractivity contribution in [1.82, 2.24) is 5.32 Å². The van der Waals surface area contributed by atoms with Crippen LogP contribution in [0.2, 0.25) is 0 Å². The van der Waals surface area contributed by atoms with Crippen molar-refractivity contribution in [2.24, 2.45) is 5.92 Å². The molecule has 0 amide bonds. The fraction of sp³-hybridized carbons (Fsp3) is 1.00. The third-order valence-corrected chi connectivity index (χ3v) is 5.19. The van der Waals surface area contributed by atoms with E-state index >= 15 is 0 Å². The first-order valence-corrected chi connectivity index (χ1v) is 8.53. The molecule has 0 bridgehead atoms. The lowest BCUT2D eigenvalue weighted by molar-refractivity contribution is -0.0904. The Morgan fingerprint density at radius 2 is 1.84 bits per heavy atom. The predicted octanol–water partition coefficient (Wildman–Crippen LogP) is -1.11. The molecular weight excluding hydrogens is 270 g/mol. The van der Waals surface area contributed by atoms with Gasteiger partial charge in [-0.15, -0.1) is 0 Å². The van der Waals surface area contributed by atoms with E-state index in [1.54, 1.807) is 0 Å². The molecule has 6 nitrogen and oxygen atoms in total. The van der Waals surface area contributed by atoms with E-state index in [0.29, 0.717) is 12.3 Å². The number of hydrogen-bond donors (Lipinski definition) is 4. The summed E-state index contributed by atoms with van der Waals surface area (Å²) in [7, 11) is -3.27. The van der Waals surface area contributed by atoms with Crippen molar-refractivity contribution in [3.8, 4) is 0 Å². The van der Waals surface area contributed by atoms with Gasteiger partial charge in [-0.25, -0.2) is 8.42 Å². The van der Waals surface area contributed by atoms with Gasteiger partial charge in [0, 0.05) is 12.6 Å². The number of hydrogen-bond acceptors (Lipinski definition) is 6. The van der Waals surface area contributed by atoms with E-state index in [0.717, 1.165) is 6.42 Å². The van der Waals surface area contributed by atoms with E-state index in [2.05, 4.69) is 5.32 Å². The summed E-state index contributed by atoms with van der Waals surface area (Å²) in [6.07, 6.45) is -2.16. The molecule has 7 heteroatoms. The molecule has 0 unspecified atom stereocenters. The molecular formula is C12H25NO5S. The Morgan fingerprint density at radius 1 is 1.21 bits per heavy atom. The summed E-state index contributed by atoms with van der Waals surface area (Å²) in [5, 5.41) is 31.4. The van der Waals surface area contributed by atoms with Gasteiger partial charge in [0.05, 0.1) is 23.7 Å². The highest BCUT2D eigenvalue weighted by Crippen LogP contribution is 2.14. The van der Waals surface area contributed by atoms with Crippen LogP contribution in [0.3, 0.4) is 0 Å². The van der Waals surface area contributed by atoms with Crippen LogP contribution in [0.5, 0.6) is 0 Å². The minimum Gasteiger partial charge on any atom is -0.389 e. The molecule has 0 aliphatic carbocycles. The number of rotatable bonds is 6. The van der Waals surface area contributed by atoms with E-state index in [4.69, 9.17) is 0 Å². The highest BCUT2D eigenvalue weighted by atomic mass is 32.2. The fourth-order valence-electron chi connectivity index (χ4n) is 2.21. The van der Waals surface area contributed by atoms with Gasteiger partial charge in [0.15, 0.2) is 9.84 Å². The second-order valence-corrected chi connectivity index (χ2v) is 7.94. The van der Waals surface area contributed by atoms with Gasteiger partial charge in [0.2, 0.25) is 0 Å². The molecule has 114 valence electrons. The maximum Gasteiger partial charge on any atom is 0.151 e. The second-order valence-electron chi connectivity index (χ2n) is 5.71. The van der Waals surface area contributed by atoms with Crippen LogP contribution in [0, 0.1) is 5.92 Å². The maximum atomic E-state index is 11.9. The molecule has 1 rings (SSSR count). The first-order chi connectivity index (χ1) is 8.73. The van der Waals surface area contributed by atoms with E-state index in [9.17, 15) is 23.7 Å². The standard InChI is InChI=1S/C12H25NO5S/c1-8(2)4-3-5-19(17,18)7-9-11(15)12(16)10(14)6-13-9/h8-16H,3-7H2,1-2H3/t9-,10-,11+,12+/m1/s1. The summed E-state index contributed by atoms with van der Waals surface area (Å²) >= 11 is 0. The number of aliphatic hydroxyl groups is 3. The van der Waals surface area contributed by atoms with Gasteiger partial charge >= 0.3 is 0 Å². The molecule has 0 aromatic rings. The van der Waals surface area contributed by atoms with Crippen LogP contribution in [0.15, 0.2) is 0 Å². The summed E-state index contributed by atoms with van der Waals surface area (Å²) in [5.74, 6) is 0.343. The van der Waals surface area contributed by atoms with Gasteiger partial charge in [-0.05, 0) is 12.3 Å². The summed E-state index contributed by atoms with van der Waals surface area (Å²) in [6.45, 7) is 4.16. The molecule has 0 saturated carbocycles. The number of aliphatic hydroxyl groups excluding tert-OH is 3. The zero-order valence-corrected chi connectivity index (χ0v) is 12.3. The van der Waals surface area contributed by atoms with E-state index in [1.807, 2.05) is 13.8 Å². The molecule has 1 aliphatic heterocycles. The van der Waals surface area contributed by atoms with Crippen molar-refractivity contribution in [1.29, 1.82) is 0 Å². The highest BCUT2D eigenvalue weighted by Gasteiger charge is 2.38. The molecule has 0 aromatic heterocycles. The van der Waals surface area contributed by atoms with Gasteiger partial charge in [0.25, 0.3) is 0 Å². The Hall–Kier alpha value is -0.210. The molecule has 4 N–H and O–H groups in total. The Kier molecular flexibility index (Phi) is 6.19. The molecule has 0 radical (unpaired) electrons. The minimum absolute atomic E-state index is 0.0877. The van der Waals surface area contributed by atoms with E-state index in [-0.39, 0.29) is 18.1 Å². The third-order valence-electron chi connectivity index (χ3n) is 3.42. The Morgan fingerprint density at radius 3 is 2.42 bits per heavy atom. The van der Waals surface area contributed by atoms with E-state index in [1.165, 1.54) is 0 Å². The van der Waals surface area contributed by atoms with Crippen LogP contribution in [0.1, 0.15) is 26.7 Å². The quantitative estimate of drug-likeness (QED) is 0.495. The number of nitrogens with one attached hydrogen (secondary N) is 1. The minimum atomic E-state index is -3.27. The molecule has 0 spiro atoms. The van der Waals surface area contributed by atoms with Crippen LogP contribution in [-0.2, 0) is 9.84 Å². The summed E-state index contributed by atoms with van der Waals surface area (Å²) < 4.78 is 23.8. The molecule has 1 heterocycles. The fourth-order valence-corrected chi connectivity index (χ4v) is 3.84. The second kappa shape index (κ2) is 6.99. The van der Waals surface area contributed by atoms with Gasteiger partial charge in [-0.2, -0.15) is 0 Å². The predicted molar refractivity (Wildman–Crippen MR) is 72.5 cm³/mol. The first kappa shape index (κ1) is 16.8. The molecule has 1 fully saturated rings. The molecule has 19 heavy (non-hydrogen) atoms. The smallest absolute Gasteiger partial charge is 0.151 e. The highest BCUT2D eigenvalue weighted by molar-refractivity contribution is 7.91. The lowest BCUT2D eigenvalue weighted by Crippen LogP contribution is -2.61. The van der Waals surface area contributed by atoms with Gasteiger partial charge in [-0.3, -0.25) is 0 Å². The summed E-state index contributed by atoms with van der Waals surface area (Å²) in [6, 6.07) is -0.720. The normalized spacial score (nSPS) is 32.7. The number of piperidine rings is 1. The van der Waals surface area contributed by atoms with Crippen molar-refractivity contribution >= 4 is 9.84 Å². The molecule has 0 aromatic carbocycles. The first-order valence-electron chi connectivity index (χ1n) is 6.71. The van der Waals surface area contributed by atoms with E-state index < -0.39 is 34.2 Å².